The Morgan fingerprint density at radius 3 is 2.16 bits per heavy atom. The van der Waals surface area contributed by atoms with Gasteiger partial charge in [0.1, 0.15) is 5.75 Å². The van der Waals surface area contributed by atoms with Crippen LogP contribution < -0.4 is 10.1 Å². The predicted molar refractivity (Wildman–Crippen MR) is 95.7 cm³/mol. The van der Waals surface area contributed by atoms with Crippen LogP contribution in [0.3, 0.4) is 0 Å². The second-order valence-electron chi connectivity index (χ2n) is 6.11. The van der Waals surface area contributed by atoms with E-state index in [-0.39, 0.29) is 11.8 Å². The number of hydrogen-bond acceptors (Lipinski definition) is 3. The molecule has 1 heterocycles. The molecule has 2 aromatic carbocycles. The number of benzene rings is 2. The summed E-state index contributed by atoms with van der Waals surface area (Å²) < 4.78 is 5.11. The topological polar surface area (TPSA) is 58.6 Å². The number of carbonyl (C=O) groups excluding carboxylic acids is 2. The number of hydrogen-bond donors (Lipinski definition) is 1. The van der Waals surface area contributed by atoms with Gasteiger partial charge in [0.25, 0.3) is 11.8 Å². The molecule has 5 nitrogen and oxygen atoms in total. The average Bonchev–Trinajstić information content (AvgIpc) is 3.21. The summed E-state index contributed by atoms with van der Waals surface area (Å²) >= 11 is 0. The molecular weight excluding hydrogens is 316 g/mol. The Morgan fingerprint density at radius 1 is 0.960 bits per heavy atom. The summed E-state index contributed by atoms with van der Waals surface area (Å²) in [5.41, 5.74) is 2.18. The fourth-order valence-electron chi connectivity index (χ4n) is 2.89. The van der Waals surface area contributed by atoms with Crippen molar-refractivity contribution in [3.63, 3.8) is 0 Å². The van der Waals surface area contributed by atoms with Gasteiger partial charge >= 0.3 is 0 Å². The van der Waals surface area contributed by atoms with Crippen molar-refractivity contribution < 1.29 is 14.3 Å². The summed E-state index contributed by atoms with van der Waals surface area (Å²) in [4.78, 5) is 26.4. The molecule has 0 unspecified atom stereocenters. The van der Waals surface area contributed by atoms with Gasteiger partial charge in [-0.05, 0) is 54.8 Å². The van der Waals surface area contributed by atoms with Crippen molar-refractivity contribution >= 4 is 11.8 Å². The van der Waals surface area contributed by atoms with Crippen molar-refractivity contribution in [3.05, 3.63) is 65.2 Å². The molecule has 1 saturated heterocycles. The first-order valence-electron chi connectivity index (χ1n) is 8.48. The van der Waals surface area contributed by atoms with E-state index in [1.54, 1.807) is 31.4 Å². The van der Waals surface area contributed by atoms with Crippen molar-refractivity contribution in [1.82, 2.24) is 10.2 Å². The first-order chi connectivity index (χ1) is 12.2. The van der Waals surface area contributed by atoms with Gasteiger partial charge in [-0.2, -0.15) is 0 Å². The molecular formula is C20H22N2O3. The van der Waals surface area contributed by atoms with Gasteiger partial charge in [0.2, 0.25) is 0 Å². The summed E-state index contributed by atoms with van der Waals surface area (Å²) in [6.45, 7) is 2.09. The second kappa shape index (κ2) is 7.83. The van der Waals surface area contributed by atoms with Crippen molar-refractivity contribution in [2.45, 2.75) is 19.4 Å². The van der Waals surface area contributed by atoms with E-state index in [9.17, 15) is 9.59 Å². The zero-order valence-electron chi connectivity index (χ0n) is 14.3. The van der Waals surface area contributed by atoms with Gasteiger partial charge in [-0.25, -0.2) is 0 Å². The summed E-state index contributed by atoms with van der Waals surface area (Å²) in [6.07, 6.45) is 2.13. The van der Waals surface area contributed by atoms with Crippen molar-refractivity contribution in [2.24, 2.45) is 0 Å². The smallest absolute Gasteiger partial charge is 0.253 e. The van der Waals surface area contributed by atoms with Crippen LogP contribution in [-0.4, -0.2) is 36.9 Å². The van der Waals surface area contributed by atoms with Gasteiger partial charge < -0.3 is 15.0 Å². The molecule has 2 amide bonds. The van der Waals surface area contributed by atoms with E-state index in [1.807, 2.05) is 29.2 Å². The summed E-state index contributed by atoms with van der Waals surface area (Å²) in [6, 6.07) is 14.4. The molecule has 0 spiro atoms. The molecule has 0 aliphatic carbocycles. The number of likely N-dealkylation sites (tertiary alicyclic amines) is 1. The number of amides is 2. The van der Waals surface area contributed by atoms with Crippen LogP contribution in [-0.2, 0) is 6.54 Å². The molecule has 0 saturated carbocycles. The Labute approximate surface area is 147 Å². The average molecular weight is 338 g/mol. The summed E-state index contributed by atoms with van der Waals surface area (Å²) in [7, 11) is 1.62. The maximum absolute atomic E-state index is 12.3. The van der Waals surface area contributed by atoms with E-state index < -0.39 is 0 Å². The van der Waals surface area contributed by atoms with Crippen LogP contribution in [0, 0.1) is 0 Å². The van der Waals surface area contributed by atoms with Crippen LogP contribution in [0.4, 0.5) is 0 Å². The minimum absolute atomic E-state index is 0.0442. The van der Waals surface area contributed by atoms with Gasteiger partial charge in [-0.15, -0.1) is 0 Å². The first kappa shape index (κ1) is 17.0. The number of rotatable bonds is 5. The van der Waals surface area contributed by atoms with E-state index in [0.29, 0.717) is 17.7 Å². The van der Waals surface area contributed by atoms with E-state index in [1.165, 1.54) is 0 Å². The highest BCUT2D eigenvalue weighted by Crippen LogP contribution is 2.14. The number of nitrogens with one attached hydrogen (secondary N) is 1. The van der Waals surface area contributed by atoms with Gasteiger partial charge in [0, 0.05) is 30.8 Å². The number of nitrogens with zero attached hydrogens (tertiary/aromatic N) is 1. The number of methoxy groups -OCH3 is 1. The van der Waals surface area contributed by atoms with Gasteiger partial charge in [0.15, 0.2) is 0 Å². The molecule has 3 rings (SSSR count). The largest absolute Gasteiger partial charge is 0.497 e. The zero-order valence-corrected chi connectivity index (χ0v) is 14.3. The molecule has 130 valence electrons. The highest BCUT2D eigenvalue weighted by atomic mass is 16.5. The Hall–Kier alpha value is -2.82. The van der Waals surface area contributed by atoms with Crippen LogP contribution in [0.5, 0.6) is 5.75 Å². The second-order valence-corrected chi connectivity index (χ2v) is 6.11. The molecule has 0 bridgehead atoms. The summed E-state index contributed by atoms with van der Waals surface area (Å²) in [5.74, 6) is 0.673. The van der Waals surface area contributed by atoms with E-state index in [2.05, 4.69) is 5.32 Å². The molecule has 1 fully saturated rings. The van der Waals surface area contributed by atoms with Gasteiger partial charge in [-0.1, -0.05) is 12.1 Å². The van der Waals surface area contributed by atoms with Gasteiger partial charge in [0.05, 0.1) is 7.11 Å². The lowest BCUT2D eigenvalue weighted by Crippen LogP contribution is -2.27. The fourth-order valence-corrected chi connectivity index (χ4v) is 2.89. The molecule has 1 aliphatic rings. The minimum Gasteiger partial charge on any atom is -0.497 e. The normalized spacial score (nSPS) is 13.6. The van der Waals surface area contributed by atoms with Crippen LogP contribution in [0.2, 0.25) is 0 Å². The quantitative estimate of drug-likeness (QED) is 0.912. The molecule has 1 N–H and O–H groups in total. The van der Waals surface area contributed by atoms with Crippen molar-refractivity contribution in [3.8, 4) is 5.75 Å². The van der Waals surface area contributed by atoms with E-state index >= 15 is 0 Å². The molecule has 25 heavy (non-hydrogen) atoms. The monoisotopic (exact) mass is 338 g/mol. The third-order valence-corrected chi connectivity index (χ3v) is 4.40. The van der Waals surface area contributed by atoms with Crippen molar-refractivity contribution in [1.29, 1.82) is 0 Å². The molecule has 2 aromatic rings. The Bertz CT molecular complexity index is 733. The lowest BCUT2D eigenvalue weighted by Gasteiger charge is -2.15. The molecule has 0 aromatic heterocycles. The Kier molecular flexibility index (Phi) is 5.33. The van der Waals surface area contributed by atoms with E-state index in [4.69, 9.17) is 4.74 Å². The lowest BCUT2D eigenvalue weighted by atomic mass is 10.1. The standard InChI is InChI=1S/C20H22N2O3/c1-25-18-10-4-15(5-11-18)14-21-19(23)16-6-8-17(9-7-16)20(24)22-12-2-3-13-22/h4-11H,2-3,12-14H2,1H3,(H,21,23). The molecule has 5 heteroatoms. The van der Waals surface area contributed by atoms with Crippen molar-refractivity contribution in [2.75, 3.05) is 20.2 Å². The predicted octanol–water partition coefficient (Wildman–Crippen LogP) is 2.86. The first-order valence-corrected chi connectivity index (χ1v) is 8.48. The van der Waals surface area contributed by atoms with Crippen LogP contribution in [0.25, 0.3) is 0 Å². The summed E-state index contributed by atoms with van der Waals surface area (Å²) in [5, 5.41) is 2.88. The van der Waals surface area contributed by atoms with Gasteiger partial charge in [-0.3, -0.25) is 9.59 Å². The molecule has 1 aliphatic heterocycles. The maximum Gasteiger partial charge on any atom is 0.253 e. The Morgan fingerprint density at radius 2 is 1.56 bits per heavy atom. The minimum atomic E-state index is -0.156. The SMILES string of the molecule is COc1ccc(CNC(=O)c2ccc(C(=O)N3CCCC3)cc2)cc1. The maximum atomic E-state index is 12.3. The number of carbonyl (C=O) groups is 2. The van der Waals surface area contributed by atoms with Crippen LogP contribution in [0.1, 0.15) is 39.1 Å². The Balaban J connectivity index is 1.57. The van der Waals surface area contributed by atoms with Crippen LogP contribution in [0.15, 0.2) is 48.5 Å². The third-order valence-electron chi connectivity index (χ3n) is 4.40. The fraction of sp³-hybridized carbons (Fsp3) is 0.300. The zero-order chi connectivity index (χ0) is 17.6. The van der Waals surface area contributed by atoms with Crippen LogP contribution >= 0.6 is 0 Å². The highest BCUT2D eigenvalue weighted by molar-refractivity contribution is 5.97. The molecule has 0 atom stereocenters. The van der Waals surface area contributed by atoms with E-state index in [0.717, 1.165) is 37.2 Å². The molecule has 0 radical (unpaired) electrons. The third kappa shape index (κ3) is 4.18. The number of ether oxygens (including phenoxy) is 1. The highest BCUT2D eigenvalue weighted by Gasteiger charge is 2.19. The lowest BCUT2D eigenvalue weighted by molar-refractivity contribution is 0.0792.